The Hall–Kier alpha value is -1.23. The highest BCUT2D eigenvalue weighted by molar-refractivity contribution is 5.95. The highest BCUT2D eigenvalue weighted by Gasteiger charge is 2.61. The van der Waals surface area contributed by atoms with Gasteiger partial charge in [0.1, 0.15) is 0 Å². The van der Waals surface area contributed by atoms with Gasteiger partial charge in [-0.15, -0.1) is 0 Å². The second-order valence-electron chi connectivity index (χ2n) is 10.2. The molecule has 0 aromatic heterocycles. The van der Waals surface area contributed by atoms with Crippen LogP contribution in [0.25, 0.3) is 0 Å². The summed E-state index contributed by atoms with van der Waals surface area (Å²) in [5.74, 6) is 2.40. The van der Waals surface area contributed by atoms with E-state index in [1.165, 1.54) is 12.8 Å². The van der Waals surface area contributed by atoms with Crippen molar-refractivity contribution in [1.82, 2.24) is 0 Å². The number of allylic oxidation sites excluding steroid dienone is 1. The van der Waals surface area contributed by atoms with Crippen molar-refractivity contribution in [3.63, 3.8) is 0 Å². The van der Waals surface area contributed by atoms with E-state index in [2.05, 4.69) is 20.8 Å². The highest BCUT2D eigenvalue weighted by Crippen LogP contribution is 2.67. The van der Waals surface area contributed by atoms with Crippen LogP contribution in [0.15, 0.2) is 11.3 Å². The standard InChI is InChI=1S/C22H33NO4/c1-13(12-24)15-6-7-16-14-4-5-18-20(23(26)27)19(25)9-11-22(18,3)17(14)8-10-21(15,16)2/h13-17,24H,4-12H2,1-3H3. The third-order valence-corrected chi connectivity index (χ3v) is 9.32. The van der Waals surface area contributed by atoms with E-state index in [4.69, 9.17) is 0 Å². The average Bonchev–Trinajstić information content (AvgIpc) is 2.98. The number of Topliss-reactive ketones (excluding diaryl/α,β-unsaturated/α-hetero) is 1. The van der Waals surface area contributed by atoms with Crippen LogP contribution in [-0.4, -0.2) is 22.4 Å². The number of hydrogen-bond acceptors (Lipinski definition) is 4. The Morgan fingerprint density at radius 2 is 1.89 bits per heavy atom. The lowest BCUT2D eigenvalue weighted by Crippen LogP contribution is -2.51. The topological polar surface area (TPSA) is 80.4 Å². The second-order valence-corrected chi connectivity index (χ2v) is 10.2. The van der Waals surface area contributed by atoms with Gasteiger partial charge in [-0.1, -0.05) is 20.8 Å². The van der Waals surface area contributed by atoms with Crippen molar-refractivity contribution in [3.8, 4) is 0 Å². The van der Waals surface area contributed by atoms with Crippen LogP contribution in [0.3, 0.4) is 0 Å². The van der Waals surface area contributed by atoms with E-state index in [1.807, 2.05) is 0 Å². The summed E-state index contributed by atoms with van der Waals surface area (Å²) < 4.78 is 0. The van der Waals surface area contributed by atoms with Gasteiger partial charge in [0.2, 0.25) is 5.78 Å². The van der Waals surface area contributed by atoms with E-state index in [-0.39, 0.29) is 28.9 Å². The largest absolute Gasteiger partial charge is 0.396 e. The summed E-state index contributed by atoms with van der Waals surface area (Å²) in [5.41, 5.74) is 0.888. The zero-order chi connectivity index (χ0) is 19.6. The van der Waals surface area contributed by atoms with Crippen molar-refractivity contribution >= 4 is 5.78 Å². The Bertz CT molecular complexity index is 700. The van der Waals surface area contributed by atoms with Gasteiger partial charge in [-0.3, -0.25) is 14.9 Å². The van der Waals surface area contributed by atoms with Crippen molar-refractivity contribution in [2.75, 3.05) is 6.61 Å². The molecule has 4 aliphatic rings. The van der Waals surface area contributed by atoms with Crippen LogP contribution in [0.2, 0.25) is 0 Å². The van der Waals surface area contributed by atoms with Crippen LogP contribution >= 0.6 is 0 Å². The van der Waals surface area contributed by atoms with Crippen molar-refractivity contribution in [1.29, 1.82) is 0 Å². The normalized spacial score (nSPS) is 45.1. The summed E-state index contributed by atoms with van der Waals surface area (Å²) in [7, 11) is 0. The fourth-order valence-corrected chi connectivity index (χ4v) is 8.00. The lowest BCUT2D eigenvalue weighted by atomic mass is 9.46. The first-order chi connectivity index (χ1) is 12.7. The minimum Gasteiger partial charge on any atom is -0.396 e. The fourth-order valence-electron chi connectivity index (χ4n) is 8.00. The van der Waals surface area contributed by atoms with Gasteiger partial charge in [0.15, 0.2) is 0 Å². The lowest BCUT2D eigenvalue weighted by Gasteiger charge is -2.58. The van der Waals surface area contributed by atoms with E-state index < -0.39 is 4.92 Å². The average molecular weight is 376 g/mol. The van der Waals surface area contributed by atoms with Crippen molar-refractivity contribution in [2.24, 2.45) is 40.4 Å². The number of hydrogen-bond donors (Lipinski definition) is 1. The highest BCUT2D eigenvalue weighted by atomic mass is 16.6. The van der Waals surface area contributed by atoms with Gasteiger partial charge in [0.25, 0.3) is 0 Å². The molecule has 0 aromatic rings. The van der Waals surface area contributed by atoms with Gasteiger partial charge < -0.3 is 5.11 Å². The molecular formula is C22H33NO4. The summed E-state index contributed by atoms with van der Waals surface area (Å²) in [5, 5.41) is 21.3. The first-order valence-corrected chi connectivity index (χ1v) is 10.8. The number of aliphatic hydroxyl groups is 1. The van der Waals surface area contributed by atoms with E-state index >= 15 is 0 Å². The van der Waals surface area contributed by atoms with Gasteiger partial charge in [-0.2, -0.15) is 0 Å². The number of carbonyl (C=O) groups is 1. The number of nitro groups is 1. The second kappa shape index (κ2) is 6.40. The minimum atomic E-state index is -0.406. The first kappa shape index (κ1) is 19.1. The van der Waals surface area contributed by atoms with Crippen LogP contribution in [0.4, 0.5) is 0 Å². The van der Waals surface area contributed by atoms with E-state index in [0.717, 1.165) is 31.3 Å². The summed E-state index contributed by atoms with van der Waals surface area (Å²) in [4.78, 5) is 23.5. The molecular weight excluding hydrogens is 342 g/mol. The van der Waals surface area contributed by atoms with E-state index in [1.54, 1.807) is 0 Å². The molecule has 150 valence electrons. The Labute approximate surface area is 161 Å². The molecule has 0 aromatic carbocycles. The molecule has 7 atom stereocenters. The Morgan fingerprint density at radius 3 is 2.56 bits per heavy atom. The van der Waals surface area contributed by atoms with Crippen LogP contribution in [-0.2, 0) is 4.79 Å². The maximum Gasteiger partial charge on any atom is 0.311 e. The molecule has 0 saturated heterocycles. The van der Waals surface area contributed by atoms with Crippen molar-refractivity contribution in [3.05, 3.63) is 21.4 Å². The van der Waals surface area contributed by atoms with Crippen LogP contribution in [0, 0.1) is 50.5 Å². The zero-order valence-electron chi connectivity index (χ0n) is 16.9. The van der Waals surface area contributed by atoms with Crippen LogP contribution in [0.5, 0.6) is 0 Å². The van der Waals surface area contributed by atoms with Gasteiger partial charge in [0.05, 0.1) is 4.92 Å². The zero-order valence-corrected chi connectivity index (χ0v) is 16.9. The molecule has 0 radical (unpaired) electrons. The minimum absolute atomic E-state index is 0.0752. The molecule has 3 fully saturated rings. The van der Waals surface area contributed by atoms with Gasteiger partial charge in [0, 0.05) is 18.6 Å². The van der Waals surface area contributed by atoms with Gasteiger partial charge in [-0.25, -0.2) is 0 Å². The number of rotatable bonds is 3. The molecule has 7 unspecified atom stereocenters. The van der Waals surface area contributed by atoms with E-state index in [0.29, 0.717) is 42.4 Å². The fraction of sp³-hybridized carbons (Fsp3) is 0.864. The maximum absolute atomic E-state index is 12.3. The smallest absolute Gasteiger partial charge is 0.311 e. The Kier molecular flexibility index (Phi) is 4.53. The summed E-state index contributed by atoms with van der Waals surface area (Å²) >= 11 is 0. The monoisotopic (exact) mass is 375 g/mol. The van der Waals surface area contributed by atoms with Gasteiger partial charge in [-0.05, 0) is 85.4 Å². The molecule has 5 heteroatoms. The summed E-state index contributed by atoms with van der Waals surface area (Å²) in [6, 6.07) is 0. The number of nitrogens with zero attached hydrogens (tertiary/aromatic N) is 1. The molecule has 27 heavy (non-hydrogen) atoms. The molecule has 1 N–H and O–H groups in total. The number of ketones is 1. The molecule has 0 amide bonds. The van der Waals surface area contributed by atoms with Gasteiger partial charge >= 0.3 is 5.70 Å². The maximum atomic E-state index is 12.3. The van der Waals surface area contributed by atoms with Crippen molar-refractivity contribution in [2.45, 2.75) is 72.1 Å². The Balaban J connectivity index is 1.69. The number of carbonyl (C=O) groups excluding carboxylic acids is 1. The SMILES string of the molecule is CC(CO)C1CCC2C3CCC4=C([N+](=O)[O-])C(=O)CCC4(C)C3CCC12C. The number of fused-ring (bicyclic) bond motifs is 5. The molecule has 0 aliphatic heterocycles. The Morgan fingerprint density at radius 1 is 1.15 bits per heavy atom. The summed E-state index contributed by atoms with van der Waals surface area (Å²) in [6.45, 7) is 7.10. The summed E-state index contributed by atoms with van der Waals surface area (Å²) in [6.07, 6.45) is 7.48. The van der Waals surface area contributed by atoms with Crippen LogP contribution in [0.1, 0.15) is 72.1 Å². The molecule has 0 spiro atoms. The predicted molar refractivity (Wildman–Crippen MR) is 102 cm³/mol. The quantitative estimate of drug-likeness (QED) is 0.587. The molecule has 4 rings (SSSR count). The first-order valence-electron chi connectivity index (χ1n) is 10.8. The predicted octanol–water partition coefficient (Wildman–Crippen LogP) is 4.37. The van der Waals surface area contributed by atoms with Crippen molar-refractivity contribution < 1.29 is 14.8 Å². The third-order valence-electron chi connectivity index (χ3n) is 9.32. The lowest BCUT2D eigenvalue weighted by molar-refractivity contribution is -0.422. The molecule has 4 aliphatic carbocycles. The molecule has 3 saturated carbocycles. The molecule has 0 heterocycles. The number of aliphatic hydroxyl groups excluding tert-OH is 1. The van der Waals surface area contributed by atoms with E-state index in [9.17, 15) is 20.0 Å². The molecule has 0 bridgehead atoms. The molecule has 5 nitrogen and oxygen atoms in total. The third kappa shape index (κ3) is 2.56. The van der Waals surface area contributed by atoms with Crippen LogP contribution < -0.4 is 0 Å².